The van der Waals surface area contributed by atoms with E-state index < -0.39 is 11.8 Å². The average Bonchev–Trinajstić information content (AvgIpc) is 2.72. The van der Waals surface area contributed by atoms with Crippen molar-refractivity contribution in [1.29, 1.82) is 0 Å². The van der Waals surface area contributed by atoms with Crippen molar-refractivity contribution in [3.05, 3.63) is 23.7 Å². The molecule has 0 aliphatic heterocycles. The van der Waals surface area contributed by atoms with Crippen LogP contribution in [-0.2, 0) is 9.59 Å². The van der Waals surface area contributed by atoms with E-state index >= 15 is 0 Å². The van der Waals surface area contributed by atoms with Gasteiger partial charge in [-0.25, -0.2) is 0 Å². The van der Waals surface area contributed by atoms with Gasteiger partial charge in [-0.2, -0.15) is 0 Å². The number of furan rings is 1. The Balaban J connectivity index is 2.49. The van der Waals surface area contributed by atoms with Crippen LogP contribution >= 0.6 is 12.2 Å². The third-order valence-corrected chi connectivity index (χ3v) is 2.31. The maximum Gasteiger partial charge on any atom is 0.309 e. The Morgan fingerprint density at radius 1 is 1.44 bits per heavy atom. The van der Waals surface area contributed by atoms with Crippen molar-refractivity contribution >= 4 is 29.0 Å². The van der Waals surface area contributed by atoms with E-state index in [-0.39, 0.29) is 17.6 Å². The van der Waals surface area contributed by atoms with Gasteiger partial charge in [-0.05, 0) is 26.0 Å². The van der Waals surface area contributed by atoms with Crippen molar-refractivity contribution in [1.82, 2.24) is 10.6 Å². The number of thiocarbonyl (C=S) groups is 1. The summed E-state index contributed by atoms with van der Waals surface area (Å²) in [7, 11) is 0. The lowest BCUT2D eigenvalue weighted by Gasteiger charge is -2.11. The van der Waals surface area contributed by atoms with Crippen LogP contribution in [0, 0.1) is 6.92 Å². The maximum absolute atomic E-state index is 11.5. The van der Waals surface area contributed by atoms with Gasteiger partial charge in [0.2, 0.25) is 0 Å². The fourth-order valence-corrected chi connectivity index (χ4v) is 1.34. The number of hydrogen-bond donors (Lipinski definition) is 3. The van der Waals surface area contributed by atoms with Gasteiger partial charge in [0.15, 0.2) is 0 Å². The zero-order chi connectivity index (χ0) is 13.7. The fourth-order valence-electron chi connectivity index (χ4n) is 1.27. The van der Waals surface area contributed by atoms with E-state index in [1.54, 1.807) is 26.0 Å². The number of aryl methyl sites for hydroxylation is 1. The van der Waals surface area contributed by atoms with Crippen LogP contribution in [0.3, 0.4) is 0 Å². The molecule has 1 aromatic heterocycles. The molecule has 0 radical (unpaired) electrons. The van der Waals surface area contributed by atoms with Gasteiger partial charge in [-0.15, -0.1) is 0 Å². The van der Waals surface area contributed by atoms with Crippen LogP contribution in [0.2, 0.25) is 0 Å². The Morgan fingerprint density at radius 3 is 2.61 bits per heavy atom. The highest BCUT2D eigenvalue weighted by Crippen LogP contribution is 2.15. The van der Waals surface area contributed by atoms with Crippen molar-refractivity contribution in [2.75, 3.05) is 6.54 Å². The van der Waals surface area contributed by atoms with Gasteiger partial charge in [0.05, 0.1) is 17.6 Å². The predicted molar refractivity (Wildman–Crippen MR) is 69.8 cm³/mol. The smallest absolute Gasteiger partial charge is 0.309 e. The van der Waals surface area contributed by atoms with Crippen LogP contribution < -0.4 is 16.4 Å². The molecule has 0 fully saturated rings. The van der Waals surface area contributed by atoms with E-state index in [0.29, 0.717) is 5.76 Å². The Kier molecular flexibility index (Phi) is 4.85. The lowest BCUT2D eigenvalue weighted by Crippen LogP contribution is -2.43. The minimum atomic E-state index is -0.780. The van der Waals surface area contributed by atoms with E-state index in [0.717, 1.165) is 5.76 Å². The number of rotatable bonds is 4. The molecule has 1 atom stereocenters. The number of carbonyl (C=O) groups excluding carboxylic acids is 2. The highest BCUT2D eigenvalue weighted by molar-refractivity contribution is 7.80. The van der Waals surface area contributed by atoms with Crippen molar-refractivity contribution in [2.24, 2.45) is 5.73 Å². The fraction of sp³-hybridized carbons (Fsp3) is 0.364. The van der Waals surface area contributed by atoms with Crippen LogP contribution in [0.1, 0.15) is 24.5 Å². The lowest BCUT2D eigenvalue weighted by atomic mass is 10.2. The molecule has 0 aromatic carbocycles. The van der Waals surface area contributed by atoms with Crippen molar-refractivity contribution in [2.45, 2.75) is 19.9 Å². The molecule has 0 aliphatic rings. The average molecular weight is 269 g/mol. The van der Waals surface area contributed by atoms with Gasteiger partial charge < -0.3 is 20.8 Å². The molecular formula is C11H15N3O3S. The summed E-state index contributed by atoms with van der Waals surface area (Å²) in [6.45, 7) is 3.51. The van der Waals surface area contributed by atoms with Crippen LogP contribution in [-0.4, -0.2) is 23.3 Å². The molecule has 6 nitrogen and oxygen atoms in total. The molecule has 0 saturated carbocycles. The second-order valence-electron chi connectivity index (χ2n) is 3.79. The minimum absolute atomic E-state index is 0.00414. The highest BCUT2D eigenvalue weighted by Gasteiger charge is 2.18. The van der Waals surface area contributed by atoms with Crippen LogP contribution in [0.25, 0.3) is 0 Å². The van der Waals surface area contributed by atoms with Gasteiger partial charge in [-0.1, -0.05) is 12.2 Å². The summed E-state index contributed by atoms with van der Waals surface area (Å²) in [5.74, 6) is -0.210. The Labute approximate surface area is 110 Å². The third kappa shape index (κ3) is 4.17. The normalized spacial score (nSPS) is 11.7. The number of amides is 2. The van der Waals surface area contributed by atoms with Crippen molar-refractivity contribution in [3.63, 3.8) is 0 Å². The van der Waals surface area contributed by atoms with Gasteiger partial charge in [0, 0.05) is 0 Å². The summed E-state index contributed by atoms with van der Waals surface area (Å²) in [5, 5.41) is 4.80. The molecule has 1 heterocycles. The summed E-state index contributed by atoms with van der Waals surface area (Å²) in [5.41, 5.74) is 5.21. The van der Waals surface area contributed by atoms with Crippen LogP contribution in [0.4, 0.5) is 0 Å². The summed E-state index contributed by atoms with van der Waals surface area (Å²) in [6.07, 6.45) is 0. The van der Waals surface area contributed by atoms with E-state index in [4.69, 9.17) is 10.2 Å². The first-order valence-electron chi connectivity index (χ1n) is 5.33. The number of carbonyl (C=O) groups is 2. The lowest BCUT2D eigenvalue weighted by molar-refractivity contribution is -0.139. The van der Waals surface area contributed by atoms with Gasteiger partial charge >= 0.3 is 11.8 Å². The van der Waals surface area contributed by atoms with Gasteiger partial charge in [0.25, 0.3) is 0 Å². The summed E-state index contributed by atoms with van der Waals surface area (Å²) < 4.78 is 5.34. The largest absolute Gasteiger partial charge is 0.464 e. The predicted octanol–water partition coefficient (Wildman–Crippen LogP) is 0.168. The summed E-state index contributed by atoms with van der Waals surface area (Å²) in [4.78, 5) is 23.0. The SMILES string of the molecule is Cc1ccc(C(C)NC(=O)C(=O)NCC(N)=S)o1. The monoisotopic (exact) mass is 269 g/mol. The topological polar surface area (TPSA) is 97.4 Å². The molecule has 18 heavy (non-hydrogen) atoms. The molecule has 4 N–H and O–H groups in total. The Morgan fingerprint density at radius 2 is 2.11 bits per heavy atom. The molecule has 1 rings (SSSR count). The molecule has 1 aromatic rings. The second-order valence-corrected chi connectivity index (χ2v) is 4.32. The first-order chi connectivity index (χ1) is 8.40. The zero-order valence-electron chi connectivity index (χ0n) is 10.1. The number of nitrogens with two attached hydrogens (primary N) is 1. The molecule has 1 unspecified atom stereocenters. The first-order valence-corrected chi connectivity index (χ1v) is 5.74. The summed E-state index contributed by atoms with van der Waals surface area (Å²) >= 11 is 4.58. The second kappa shape index (κ2) is 6.15. The van der Waals surface area contributed by atoms with Gasteiger partial charge in [-0.3, -0.25) is 9.59 Å². The van der Waals surface area contributed by atoms with Crippen molar-refractivity contribution in [3.8, 4) is 0 Å². The van der Waals surface area contributed by atoms with E-state index in [1.807, 2.05) is 0 Å². The Bertz CT molecular complexity index is 470. The molecule has 0 spiro atoms. The molecule has 7 heteroatoms. The summed E-state index contributed by atoms with van der Waals surface area (Å²) in [6, 6.07) is 3.14. The van der Waals surface area contributed by atoms with E-state index in [9.17, 15) is 9.59 Å². The molecule has 98 valence electrons. The number of hydrogen-bond acceptors (Lipinski definition) is 4. The van der Waals surface area contributed by atoms with Gasteiger partial charge in [0.1, 0.15) is 11.5 Å². The zero-order valence-corrected chi connectivity index (χ0v) is 11.0. The molecule has 0 bridgehead atoms. The van der Waals surface area contributed by atoms with E-state index in [2.05, 4.69) is 22.9 Å². The minimum Gasteiger partial charge on any atom is -0.464 e. The maximum atomic E-state index is 11.5. The highest BCUT2D eigenvalue weighted by atomic mass is 32.1. The molecule has 0 saturated heterocycles. The standard InChI is InChI=1S/C11H15N3O3S/c1-6-3-4-8(17-6)7(2)14-11(16)10(15)13-5-9(12)18/h3-4,7H,5H2,1-2H3,(H2,12,18)(H,13,15)(H,14,16). The third-order valence-electron chi connectivity index (χ3n) is 2.16. The van der Waals surface area contributed by atoms with Crippen LogP contribution in [0.5, 0.6) is 0 Å². The molecule has 2 amide bonds. The molecular weight excluding hydrogens is 254 g/mol. The van der Waals surface area contributed by atoms with Crippen LogP contribution in [0.15, 0.2) is 16.5 Å². The Hall–Kier alpha value is -1.89. The molecule has 0 aliphatic carbocycles. The quantitative estimate of drug-likeness (QED) is 0.534. The first kappa shape index (κ1) is 14.2. The number of nitrogens with one attached hydrogen (secondary N) is 2. The van der Waals surface area contributed by atoms with E-state index in [1.165, 1.54) is 0 Å². The van der Waals surface area contributed by atoms with Crippen molar-refractivity contribution < 1.29 is 14.0 Å².